The van der Waals surface area contributed by atoms with Crippen LogP contribution in [0.2, 0.25) is 0 Å². The number of rotatable bonds is 15. The summed E-state index contributed by atoms with van der Waals surface area (Å²) >= 11 is 3.42. The van der Waals surface area contributed by atoms with Gasteiger partial charge in [0.25, 0.3) is 23.3 Å². The van der Waals surface area contributed by atoms with Crippen LogP contribution < -0.4 is 26.4 Å². The van der Waals surface area contributed by atoms with Crippen LogP contribution in [0, 0.1) is 0 Å². The van der Waals surface area contributed by atoms with E-state index in [1.807, 2.05) is 19.2 Å². The summed E-state index contributed by atoms with van der Waals surface area (Å²) in [5, 5.41) is 13.2. The van der Waals surface area contributed by atoms with E-state index in [-0.39, 0.29) is 47.4 Å². The summed E-state index contributed by atoms with van der Waals surface area (Å²) in [4.78, 5) is 83.0. The number of aryl methyl sites for hydroxylation is 2. The maximum atomic E-state index is 13.4. The number of likely N-dealkylation sites (N-methyl/N-ethyl adjacent to an activating group) is 1. The van der Waals surface area contributed by atoms with Crippen molar-refractivity contribution in [1.82, 2.24) is 29.8 Å². The normalized spacial score (nSPS) is 19.1. The molecule has 3 N–H and O–H groups in total. The first-order valence-electron chi connectivity index (χ1n) is 20.7. The molecule has 3 aromatic carbocycles. The van der Waals surface area contributed by atoms with Crippen LogP contribution in [0.15, 0.2) is 82.2 Å². The van der Waals surface area contributed by atoms with Crippen molar-refractivity contribution in [2.24, 2.45) is 7.05 Å². The molecule has 7 rings (SSSR count). The van der Waals surface area contributed by atoms with E-state index in [1.54, 1.807) is 36.3 Å². The minimum absolute atomic E-state index is 0.00690. The van der Waals surface area contributed by atoms with Crippen molar-refractivity contribution in [3.8, 4) is 0 Å². The highest BCUT2D eigenvalue weighted by atomic mass is 79.9. The number of piperidine rings is 2. The third kappa shape index (κ3) is 9.86. The highest BCUT2D eigenvalue weighted by Gasteiger charge is 2.44. The quantitative estimate of drug-likeness (QED) is 0.114. The Morgan fingerprint density at radius 2 is 1.64 bits per heavy atom. The summed E-state index contributed by atoms with van der Waals surface area (Å²) in [5.41, 5.74) is 5.86. The van der Waals surface area contributed by atoms with Gasteiger partial charge in [0.1, 0.15) is 10.5 Å². The van der Waals surface area contributed by atoms with Gasteiger partial charge >= 0.3 is 0 Å². The van der Waals surface area contributed by atoms with Gasteiger partial charge in [-0.25, -0.2) is 4.68 Å². The fourth-order valence-corrected chi connectivity index (χ4v) is 8.89. The number of nitrogens with one attached hydrogen (secondary N) is 3. The second-order valence-corrected chi connectivity index (χ2v) is 17.1. The molecule has 3 aliphatic heterocycles. The monoisotopic (exact) mass is 893 g/mol. The Hall–Kier alpha value is -5.87. The van der Waals surface area contributed by atoms with Gasteiger partial charge in [-0.1, -0.05) is 24.3 Å². The van der Waals surface area contributed by atoms with E-state index in [0.717, 1.165) is 55.9 Å². The molecule has 3 aliphatic rings. The van der Waals surface area contributed by atoms with Gasteiger partial charge in [-0.3, -0.25) is 39.0 Å². The van der Waals surface area contributed by atoms with Gasteiger partial charge in [-0.2, -0.15) is 5.10 Å². The van der Waals surface area contributed by atoms with Gasteiger partial charge in [0.05, 0.1) is 23.0 Å². The van der Waals surface area contributed by atoms with Gasteiger partial charge < -0.3 is 25.3 Å². The number of hydrogen-bond acceptors (Lipinski definition) is 11. The Labute approximate surface area is 363 Å². The zero-order chi connectivity index (χ0) is 43.4. The number of amides is 5. The number of likely N-dealkylation sites (tertiary alicyclic amines) is 1. The average Bonchev–Trinajstić information content (AvgIpc) is 3.49. The zero-order valence-corrected chi connectivity index (χ0v) is 36.5. The van der Waals surface area contributed by atoms with Crippen molar-refractivity contribution in [3.05, 3.63) is 116 Å². The smallest absolute Gasteiger partial charge is 0.282 e. The summed E-state index contributed by atoms with van der Waals surface area (Å²) in [5.74, 6) is -1.81. The standard InChI is InChI=1S/C45H52BrN9O6/c1-51-26-31(23-33(27-51)49-37-25-48-54(4)45(61)40(37)46)29-10-12-30(13-11-29)42(58)53(3)22-6-21-52(2)34-15-8-28(9-16-34)7-5-20-47-32-14-17-35-36(24-32)44(60)55(43(35)59)38-18-19-39(56)50-41(38)57/h8-17,24-25,31,33,38,47,49H,5-7,18-23,26-27H2,1-4H3,(H,50,56,57)/t31-,33+,38?/m1/s1. The third-order valence-electron chi connectivity index (χ3n) is 11.8. The number of hydrogen-bond donors (Lipinski definition) is 3. The second kappa shape index (κ2) is 18.8. The SMILES string of the molecule is CN1C[C@@H](Nc2cnn(C)c(=O)c2Br)C[C@@H](c2ccc(C(=O)N(C)CCCN(C)c3ccc(CCCNc4ccc5c(c4)C(=O)N(C4CCC(=O)NC4=O)C5=O)cc3)cc2)C1. The Morgan fingerprint density at radius 1 is 0.902 bits per heavy atom. The maximum absolute atomic E-state index is 13.4. The van der Waals surface area contributed by atoms with Gasteiger partial charge in [0, 0.05) is 83.3 Å². The molecule has 0 spiro atoms. The molecule has 2 saturated heterocycles. The lowest BCUT2D eigenvalue weighted by Gasteiger charge is -2.37. The largest absolute Gasteiger partial charge is 0.385 e. The van der Waals surface area contributed by atoms with Crippen LogP contribution in [0.3, 0.4) is 0 Å². The number of fused-ring (bicyclic) bond motifs is 1. The predicted octanol–water partition coefficient (Wildman–Crippen LogP) is 4.49. The zero-order valence-electron chi connectivity index (χ0n) is 34.9. The van der Waals surface area contributed by atoms with Crippen molar-refractivity contribution in [2.75, 3.05) is 69.4 Å². The number of halogens is 1. The second-order valence-electron chi connectivity index (χ2n) is 16.3. The predicted molar refractivity (Wildman–Crippen MR) is 237 cm³/mol. The highest BCUT2D eigenvalue weighted by Crippen LogP contribution is 2.31. The lowest BCUT2D eigenvalue weighted by Crippen LogP contribution is -2.54. The Morgan fingerprint density at radius 3 is 2.38 bits per heavy atom. The van der Waals surface area contributed by atoms with Crippen molar-refractivity contribution in [1.29, 1.82) is 0 Å². The maximum Gasteiger partial charge on any atom is 0.282 e. The summed E-state index contributed by atoms with van der Waals surface area (Å²) in [7, 11) is 7.62. The minimum Gasteiger partial charge on any atom is -0.385 e. The number of aromatic nitrogens is 2. The number of carbonyl (C=O) groups is 5. The first kappa shape index (κ1) is 43.2. The van der Waals surface area contributed by atoms with Gasteiger partial charge in [-0.15, -0.1) is 0 Å². The molecule has 0 radical (unpaired) electrons. The lowest BCUT2D eigenvalue weighted by atomic mass is 9.87. The Balaban J connectivity index is 0.822. The number of benzene rings is 3. The van der Waals surface area contributed by atoms with E-state index in [1.165, 1.54) is 15.8 Å². The molecule has 2 fully saturated rings. The highest BCUT2D eigenvalue weighted by molar-refractivity contribution is 9.10. The van der Waals surface area contributed by atoms with Crippen molar-refractivity contribution in [2.45, 2.75) is 56.5 Å². The summed E-state index contributed by atoms with van der Waals surface area (Å²) in [6, 6.07) is 20.6. The molecule has 4 aromatic rings. The summed E-state index contributed by atoms with van der Waals surface area (Å²) in [6.07, 6.45) is 5.26. The van der Waals surface area contributed by atoms with E-state index in [0.29, 0.717) is 34.5 Å². The number of nitrogens with zero attached hydrogens (tertiary/aromatic N) is 6. The van der Waals surface area contributed by atoms with Crippen molar-refractivity contribution >= 4 is 62.5 Å². The molecule has 61 heavy (non-hydrogen) atoms. The van der Waals surface area contributed by atoms with Crippen LogP contribution in [0.4, 0.5) is 17.1 Å². The molecule has 0 aliphatic carbocycles. The van der Waals surface area contributed by atoms with E-state index in [9.17, 15) is 28.8 Å². The number of anilines is 3. The van der Waals surface area contributed by atoms with E-state index >= 15 is 0 Å². The first-order valence-corrected chi connectivity index (χ1v) is 21.5. The Bertz CT molecular complexity index is 2370. The Kier molecular flexibility index (Phi) is 13.3. The third-order valence-corrected chi connectivity index (χ3v) is 12.6. The van der Waals surface area contributed by atoms with Crippen molar-refractivity contribution in [3.63, 3.8) is 0 Å². The summed E-state index contributed by atoms with van der Waals surface area (Å²) in [6.45, 7) is 3.81. The van der Waals surface area contributed by atoms with Crippen LogP contribution in [-0.2, 0) is 23.1 Å². The van der Waals surface area contributed by atoms with E-state index in [2.05, 4.69) is 97.3 Å². The summed E-state index contributed by atoms with van der Waals surface area (Å²) < 4.78 is 1.78. The lowest BCUT2D eigenvalue weighted by molar-refractivity contribution is -0.136. The minimum atomic E-state index is -0.987. The van der Waals surface area contributed by atoms with Crippen molar-refractivity contribution < 1.29 is 24.0 Å². The average molecular weight is 895 g/mol. The molecule has 1 aromatic heterocycles. The van der Waals surface area contributed by atoms with E-state index < -0.39 is 29.7 Å². The molecule has 0 saturated carbocycles. The molecular formula is C45H52BrN9O6. The molecular weight excluding hydrogens is 842 g/mol. The molecule has 320 valence electrons. The van der Waals surface area contributed by atoms with Gasteiger partial charge in [0.2, 0.25) is 11.8 Å². The fourth-order valence-electron chi connectivity index (χ4n) is 8.41. The number of carbonyl (C=O) groups excluding carboxylic acids is 5. The molecule has 0 bridgehead atoms. The van der Waals surface area contributed by atoms with Crippen LogP contribution >= 0.6 is 15.9 Å². The van der Waals surface area contributed by atoms with Crippen LogP contribution in [-0.4, -0.2) is 120 Å². The van der Waals surface area contributed by atoms with Crippen LogP contribution in [0.25, 0.3) is 0 Å². The van der Waals surface area contributed by atoms with E-state index in [4.69, 9.17) is 0 Å². The molecule has 5 amide bonds. The molecule has 15 nitrogen and oxygen atoms in total. The molecule has 16 heteroatoms. The molecule has 1 unspecified atom stereocenters. The van der Waals surface area contributed by atoms with Crippen LogP contribution in [0.1, 0.15) is 80.2 Å². The van der Waals surface area contributed by atoms with Gasteiger partial charge in [0.15, 0.2) is 0 Å². The van der Waals surface area contributed by atoms with Gasteiger partial charge in [-0.05, 0) is 115 Å². The first-order chi connectivity index (χ1) is 29.3. The molecule has 3 atom stereocenters. The van der Waals surface area contributed by atoms with Crippen LogP contribution in [0.5, 0.6) is 0 Å². The topological polar surface area (TPSA) is 169 Å². The fraction of sp³-hybridized carbons (Fsp3) is 0.400. The molecule has 4 heterocycles. The number of imide groups is 2.